The lowest BCUT2D eigenvalue weighted by atomic mass is 9.97. The van der Waals surface area contributed by atoms with Gasteiger partial charge in [0.15, 0.2) is 0 Å². The Morgan fingerprint density at radius 1 is 1.22 bits per heavy atom. The lowest BCUT2D eigenvalue weighted by Gasteiger charge is -2.31. The van der Waals surface area contributed by atoms with Crippen molar-refractivity contribution in [3.05, 3.63) is 52.2 Å². The van der Waals surface area contributed by atoms with Crippen molar-refractivity contribution < 1.29 is 17.9 Å². The van der Waals surface area contributed by atoms with E-state index in [2.05, 4.69) is 31.2 Å². The van der Waals surface area contributed by atoms with Crippen LogP contribution in [0.1, 0.15) is 28.8 Å². The van der Waals surface area contributed by atoms with Crippen molar-refractivity contribution >= 4 is 27.3 Å². The molecule has 0 spiro atoms. The first-order valence-electron chi connectivity index (χ1n) is 8.89. The second-order valence-corrected chi connectivity index (χ2v) is 9.27. The summed E-state index contributed by atoms with van der Waals surface area (Å²) >= 11 is 1.71. The normalized spacial score (nSPS) is 16.3. The third-order valence-electron chi connectivity index (χ3n) is 4.84. The van der Waals surface area contributed by atoms with Gasteiger partial charge >= 0.3 is 5.97 Å². The highest BCUT2D eigenvalue weighted by atomic mass is 32.2. The van der Waals surface area contributed by atoms with Crippen molar-refractivity contribution in [2.75, 3.05) is 26.7 Å². The molecular formula is C19H24N2O4S2. The summed E-state index contributed by atoms with van der Waals surface area (Å²) < 4.78 is 32.3. The summed E-state index contributed by atoms with van der Waals surface area (Å²) in [5, 5.41) is 4.26. The van der Waals surface area contributed by atoms with Crippen LogP contribution in [-0.4, -0.2) is 46.0 Å². The summed E-state index contributed by atoms with van der Waals surface area (Å²) in [6.07, 6.45) is 1.96. The molecule has 0 amide bonds. The van der Waals surface area contributed by atoms with E-state index in [9.17, 15) is 13.2 Å². The Morgan fingerprint density at radius 2 is 1.93 bits per heavy atom. The Kier molecular flexibility index (Phi) is 6.64. The molecule has 1 saturated heterocycles. The minimum absolute atomic E-state index is 0.157. The number of nitrogens with zero attached hydrogens (tertiary/aromatic N) is 1. The smallest absolute Gasteiger partial charge is 0.337 e. The van der Waals surface area contributed by atoms with Crippen LogP contribution in [0.2, 0.25) is 0 Å². The number of methoxy groups -OCH3 is 1. The van der Waals surface area contributed by atoms with E-state index in [1.54, 1.807) is 11.3 Å². The fourth-order valence-electron chi connectivity index (χ4n) is 3.19. The standard InChI is InChI=1S/C19H24N2O4S2/c1-25-19(22)17-2-4-18(5-3-17)27(23,24)20-12-15-6-9-21(10-7-15)13-16-8-11-26-14-16/h2-5,8,11,14-15,20H,6-7,9-10,12-13H2,1H3. The molecule has 1 aromatic carbocycles. The number of thiophene rings is 1. The summed E-state index contributed by atoms with van der Waals surface area (Å²) in [4.78, 5) is 14.0. The van der Waals surface area contributed by atoms with Crippen LogP contribution in [0.25, 0.3) is 0 Å². The van der Waals surface area contributed by atoms with Crippen molar-refractivity contribution in [3.63, 3.8) is 0 Å². The first-order chi connectivity index (χ1) is 13.0. The van der Waals surface area contributed by atoms with Gasteiger partial charge in [-0.3, -0.25) is 4.90 Å². The lowest BCUT2D eigenvalue weighted by molar-refractivity contribution is 0.0600. The zero-order valence-electron chi connectivity index (χ0n) is 15.3. The number of esters is 1. The number of likely N-dealkylation sites (tertiary alicyclic amines) is 1. The number of carbonyl (C=O) groups is 1. The topological polar surface area (TPSA) is 75.7 Å². The Morgan fingerprint density at radius 3 is 2.52 bits per heavy atom. The van der Waals surface area contributed by atoms with Gasteiger partial charge in [-0.1, -0.05) is 0 Å². The lowest BCUT2D eigenvalue weighted by Crippen LogP contribution is -2.38. The summed E-state index contributed by atoms with van der Waals surface area (Å²) in [6.45, 7) is 3.37. The minimum Gasteiger partial charge on any atom is -0.465 e. The van der Waals surface area contributed by atoms with Crippen LogP contribution in [0, 0.1) is 5.92 Å². The molecule has 1 aliphatic heterocycles. The van der Waals surface area contributed by atoms with E-state index in [0.29, 0.717) is 18.0 Å². The number of hydrogen-bond acceptors (Lipinski definition) is 6. The SMILES string of the molecule is COC(=O)c1ccc(S(=O)(=O)NCC2CCN(Cc3ccsc3)CC2)cc1. The fraction of sp³-hybridized carbons (Fsp3) is 0.421. The van der Waals surface area contributed by atoms with Gasteiger partial charge in [0.05, 0.1) is 17.6 Å². The molecule has 0 unspecified atom stereocenters. The molecule has 146 valence electrons. The number of rotatable bonds is 7. The molecule has 0 aliphatic carbocycles. The predicted molar refractivity (Wildman–Crippen MR) is 105 cm³/mol. The molecule has 0 radical (unpaired) electrons. The Labute approximate surface area is 164 Å². The zero-order chi connectivity index (χ0) is 19.3. The first-order valence-corrected chi connectivity index (χ1v) is 11.3. The van der Waals surface area contributed by atoms with Crippen LogP contribution in [-0.2, 0) is 21.3 Å². The average molecular weight is 409 g/mol. The van der Waals surface area contributed by atoms with Gasteiger partial charge in [-0.2, -0.15) is 11.3 Å². The van der Waals surface area contributed by atoms with Gasteiger partial charge in [0, 0.05) is 13.1 Å². The van der Waals surface area contributed by atoms with Crippen LogP contribution in [0.5, 0.6) is 0 Å². The molecule has 2 aromatic rings. The zero-order valence-corrected chi connectivity index (χ0v) is 16.9. The van der Waals surface area contributed by atoms with Crippen molar-refractivity contribution in [2.24, 2.45) is 5.92 Å². The van der Waals surface area contributed by atoms with Crippen molar-refractivity contribution in [3.8, 4) is 0 Å². The molecule has 1 aliphatic rings. The van der Waals surface area contributed by atoms with Crippen molar-refractivity contribution in [1.82, 2.24) is 9.62 Å². The summed E-state index contributed by atoms with van der Waals surface area (Å²) in [6, 6.07) is 7.93. The first kappa shape index (κ1) is 20.0. The number of ether oxygens (including phenoxy) is 1. The van der Waals surface area contributed by atoms with Crippen LogP contribution >= 0.6 is 11.3 Å². The molecular weight excluding hydrogens is 384 g/mol. The molecule has 1 aromatic heterocycles. The van der Waals surface area contributed by atoms with E-state index >= 15 is 0 Å². The fourth-order valence-corrected chi connectivity index (χ4v) is 4.96. The molecule has 2 heterocycles. The molecule has 0 bridgehead atoms. The second kappa shape index (κ2) is 8.97. The maximum absolute atomic E-state index is 12.5. The van der Waals surface area contributed by atoms with Crippen LogP contribution in [0.15, 0.2) is 46.0 Å². The maximum Gasteiger partial charge on any atom is 0.337 e. The molecule has 6 nitrogen and oxygen atoms in total. The van der Waals surface area contributed by atoms with Crippen molar-refractivity contribution in [1.29, 1.82) is 0 Å². The van der Waals surface area contributed by atoms with Gasteiger partial charge in [0.25, 0.3) is 0 Å². The Balaban J connectivity index is 1.48. The number of piperidine rings is 1. The van der Waals surface area contributed by atoms with E-state index in [1.165, 1.54) is 36.9 Å². The monoisotopic (exact) mass is 408 g/mol. The number of benzene rings is 1. The molecule has 1 fully saturated rings. The minimum atomic E-state index is -3.58. The number of carbonyl (C=O) groups excluding carboxylic acids is 1. The van der Waals surface area contributed by atoms with Gasteiger partial charge in [-0.05, 0) is 78.5 Å². The highest BCUT2D eigenvalue weighted by Gasteiger charge is 2.22. The average Bonchev–Trinajstić information content (AvgIpc) is 3.20. The van der Waals surface area contributed by atoms with E-state index in [0.717, 1.165) is 32.5 Å². The third-order valence-corrected chi connectivity index (χ3v) is 7.01. The molecule has 27 heavy (non-hydrogen) atoms. The molecule has 0 saturated carbocycles. The second-order valence-electron chi connectivity index (χ2n) is 6.72. The molecule has 0 atom stereocenters. The number of hydrogen-bond donors (Lipinski definition) is 1. The highest BCUT2D eigenvalue weighted by Crippen LogP contribution is 2.20. The number of sulfonamides is 1. The van der Waals surface area contributed by atoms with Gasteiger partial charge in [0.1, 0.15) is 0 Å². The van der Waals surface area contributed by atoms with E-state index in [1.807, 2.05) is 0 Å². The Hall–Kier alpha value is -1.74. The molecule has 1 N–H and O–H groups in total. The van der Waals surface area contributed by atoms with Gasteiger partial charge in [-0.25, -0.2) is 17.9 Å². The maximum atomic E-state index is 12.5. The van der Waals surface area contributed by atoms with Gasteiger partial charge in [0.2, 0.25) is 10.0 Å². The predicted octanol–water partition coefficient (Wildman–Crippen LogP) is 2.73. The quantitative estimate of drug-likeness (QED) is 0.713. The summed E-state index contributed by atoms with van der Waals surface area (Å²) in [5.74, 6) is -0.144. The summed E-state index contributed by atoms with van der Waals surface area (Å²) in [7, 11) is -2.29. The van der Waals surface area contributed by atoms with Crippen LogP contribution in [0.3, 0.4) is 0 Å². The third kappa shape index (κ3) is 5.38. The van der Waals surface area contributed by atoms with E-state index in [-0.39, 0.29) is 4.90 Å². The molecule has 8 heteroatoms. The van der Waals surface area contributed by atoms with Gasteiger partial charge < -0.3 is 4.74 Å². The highest BCUT2D eigenvalue weighted by molar-refractivity contribution is 7.89. The largest absolute Gasteiger partial charge is 0.465 e. The number of nitrogens with one attached hydrogen (secondary N) is 1. The summed E-state index contributed by atoms with van der Waals surface area (Å²) in [5.41, 5.74) is 1.67. The van der Waals surface area contributed by atoms with Crippen molar-refractivity contribution in [2.45, 2.75) is 24.3 Å². The van der Waals surface area contributed by atoms with E-state index in [4.69, 9.17) is 0 Å². The molecule has 3 rings (SSSR count). The van der Waals surface area contributed by atoms with Crippen LogP contribution < -0.4 is 4.72 Å². The van der Waals surface area contributed by atoms with Gasteiger partial charge in [-0.15, -0.1) is 0 Å². The van der Waals surface area contributed by atoms with E-state index < -0.39 is 16.0 Å². The Bertz CT molecular complexity index is 840. The van der Waals surface area contributed by atoms with Crippen LogP contribution in [0.4, 0.5) is 0 Å².